The fourth-order valence-electron chi connectivity index (χ4n) is 1.63. The average Bonchev–Trinajstić information content (AvgIpc) is 2.35. The Bertz CT molecular complexity index is 241. The maximum atomic E-state index is 11.4. The van der Waals surface area contributed by atoms with Gasteiger partial charge in [0.25, 0.3) is 0 Å². The van der Waals surface area contributed by atoms with Gasteiger partial charge < -0.3 is 15.5 Å². The molecule has 0 unspecified atom stereocenters. The fourth-order valence-corrected chi connectivity index (χ4v) is 1.63. The molecular formula is C14H27NO3. The van der Waals surface area contributed by atoms with Gasteiger partial charge in [-0.3, -0.25) is 4.79 Å². The number of hydrogen-bond donors (Lipinski definition) is 3. The van der Waals surface area contributed by atoms with Crippen LogP contribution in [0.25, 0.3) is 0 Å². The van der Waals surface area contributed by atoms with Gasteiger partial charge in [0.05, 0.1) is 18.8 Å². The Hall–Kier alpha value is -0.870. The molecule has 0 aliphatic carbocycles. The molecule has 0 bridgehead atoms. The van der Waals surface area contributed by atoms with Crippen molar-refractivity contribution in [2.45, 2.75) is 64.5 Å². The monoisotopic (exact) mass is 257 g/mol. The van der Waals surface area contributed by atoms with E-state index in [1.54, 1.807) is 6.08 Å². The summed E-state index contributed by atoms with van der Waals surface area (Å²) in [4.78, 5) is 11.4. The van der Waals surface area contributed by atoms with Crippen LogP contribution in [0.2, 0.25) is 0 Å². The van der Waals surface area contributed by atoms with Crippen LogP contribution in [0.5, 0.6) is 0 Å². The van der Waals surface area contributed by atoms with Gasteiger partial charge in [0.1, 0.15) is 0 Å². The SMILES string of the molecule is CCCCC/C=C/[C@@H](O)[C@H](CO)NC(=O)CCC. The maximum absolute atomic E-state index is 11.4. The number of hydrogen-bond acceptors (Lipinski definition) is 3. The Morgan fingerprint density at radius 1 is 1.28 bits per heavy atom. The molecule has 18 heavy (non-hydrogen) atoms. The van der Waals surface area contributed by atoms with Crippen LogP contribution in [-0.2, 0) is 4.79 Å². The summed E-state index contributed by atoms with van der Waals surface area (Å²) in [7, 11) is 0. The second-order valence-electron chi connectivity index (χ2n) is 4.52. The summed E-state index contributed by atoms with van der Waals surface area (Å²) in [5.41, 5.74) is 0. The summed E-state index contributed by atoms with van der Waals surface area (Å²) >= 11 is 0. The number of rotatable bonds is 10. The summed E-state index contributed by atoms with van der Waals surface area (Å²) in [6.07, 6.45) is 8.29. The van der Waals surface area contributed by atoms with Crippen molar-refractivity contribution in [2.75, 3.05) is 6.61 Å². The Kier molecular flexibility index (Phi) is 10.7. The number of carbonyl (C=O) groups is 1. The third kappa shape index (κ3) is 8.25. The minimum Gasteiger partial charge on any atom is -0.394 e. The van der Waals surface area contributed by atoms with Crippen LogP contribution in [0.1, 0.15) is 52.4 Å². The highest BCUT2D eigenvalue weighted by molar-refractivity contribution is 5.76. The Morgan fingerprint density at radius 2 is 2.00 bits per heavy atom. The molecule has 106 valence electrons. The van der Waals surface area contributed by atoms with Crippen LogP contribution in [0.4, 0.5) is 0 Å². The second kappa shape index (κ2) is 11.2. The van der Waals surface area contributed by atoms with E-state index in [2.05, 4.69) is 12.2 Å². The Morgan fingerprint density at radius 3 is 2.56 bits per heavy atom. The van der Waals surface area contributed by atoms with Crippen LogP contribution in [0.3, 0.4) is 0 Å². The third-order valence-electron chi connectivity index (χ3n) is 2.74. The molecule has 3 N–H and O–H groups in total. The summed E-state index contributed by atoms with van der Waals surface area (Å²) in [6.45, 7) is 3.80. The maximum Gasteiger partial charge on any atom is 0.220 e. The van der Waals surface area contributed by atoms with Gasteiger partial charge in [0, 0.05) is 6.42 Å². The van der Waals surface area contributed by atoms with E-state index < -0.39 is 12.1 Å². The van der Waals surface area contributed by atoms with E-state index in [4.69, 9.17) is 5.11 Å². The minimum atomic E-state index is -0.822. The van der Waals surface area contributed by atoms with E-state index in [0.717, 1.165) is 19.3 Å². The molecule has 0 aromatic carbocycles. The fraction of sp³-hybridized carbons (Fsp3) is 0.786. The van der Waals surface area contributed by atoms with Crippen LogP contribution in [0.15, 0.2) is 12.2 Å². The first-order chi connectivity index (χ1) is 8.65. The third-order valence-corrected chi connectivity index (χ3v) is 2.74. The van der Waals surface area contributed by atoms with E-state index in [1.807, 2.05) is 13.0 Å². The summed E-state index contributed by atoms with van der Waals surface area (Å²) in [6, 6.07) is -0.605. The second-order valence-corrected chi connectivity index (χ2v) is 4.52. The van der Waals surface area contributed by atoms with Crippen molar-refractivity contribution in [3.63, 3.8) is 0 Å². The summed E-state index contributed by atoms with van der Waals surface area (Å²) in [5.74, 6) is -0.130. The van der Waals surface area contributed by atoms with Gasteiger partial charge in [-0.05, 0) is 19.3 Å². The van der Waals surface area contributed by atoms with Gasteiger partial charge in [-0.25, -0.2) is 0 Å². The summed E-state index contributed by atoms with van der Waals surface area (Å²) < 4.78 is 0. The van der Waals surface area contributed by atoms with Gasteiger partial charge in [-0.2, -0.15) is 0 Å². The van der Waals surface area contributed by atoms with E-state index in [1.165, 1.54) is 12.8 Å². The number of nitrogens with one attached hydrogen (secondary N) is 1. The van der Waals surface area contributed by atoms with Crippen molar-refractivity contribution in [1.82, 2.24) is 5.32 Å². The van der Waals surface area contributed by atoms with Crippen molar-refractivity contribution in [1.29, 1.82) is 0 Å². The first-order valence-corrected chi connectivity index (χ1v) is 6.90. The largest absolute Gasteiger partial charge is 0.394 e. The molecule has 0 aromatic heterocycles. The van der Waals surface area contributed by atoms with E-state index in [9.17, 15) is 9.90 Å². The topological polar surface area (TPSA) is 69.6 Å². The molecule has 1 amide bonds. The molecule has 0 aliphatic rings. The Balaban J connectivity index is 4.01. The van der Waals surface area contributed by atoms with E-state index >= 15 is 0 Å². The number of allylic oxidation sites excluding steroid dienone is 1. The average molecular weight is 257 g/mol. The molecule has 0 saturated heterocycles. The predicted octanol–water partition coefficient (Wildman–Crippen LogP) is 1.76. The van der Waals surface area contributed by atoms with Crippen molar-refractivity contribution < 1.29 is 15.0 Å². The van der Waals surface area contributed by atoms with Gasteiger partial charge >= 0.3 is 0 Å². The lowest BCUT2D eigenvalue weighted by molar-refractivity contribution is -0.122. The molecule has 0 saturated carbocycles. The molecule has 4 heteroatoms. The lowest BCUT2D eigenvalue weighted by Gasteiger charge is -2.19. The van der Waals surface area contributed by atoms with Crippen molar-refractivity contribution in [3.05, 3.63) is 12.2 Å². The number of aliphatic hydroxyl groups excluding tert-OH is 2. The van der Waals surface area contributed by atoms with Crippen molar-refractivity contribution in [2.24, 2.45) is 0 Å². The number of aliphatic hydroxyl groups is 2. The molecule has 0 aliphatic heterocycles. The lowest BCUT2D eigenvalue weighted by atomic mass is 10.1. The molecule has 0 aromatic rings. The first-order valence-electron chi connectivity index (χ1n) is 6.90. The highest BCUT2D eigenvalue weighted by atomic mass is 16.3. The smallest absolute Gasteiger partial charge is 0.220 e. The number of amides is 1. The highest BCUT2D eigenvalue weighted by Gasteiger charge is 2.17. The van der Waals surface area contributed by atoms with Crippen LogP contribution in [0, 0.1) is 0 Å². The highest BCUT2D eigenvalue weighted by Crippen LogP contribution is 2.02. The van der Waals surface area contributed by atoms with Crippen molar-refractivity contribution in [3.8, 4) is 0 Å². The quantitative estimate of drug-likeness (QED) is 0.412. The standard InChI is InChI=1S/C14H27NO3/c1-3-5-6-7-8-10-13(17)12(11-16)15-14(18)9-4-2/h8,10,12-13,16-17H,3-7,9,11H2,1-2H3,(H,15,18)/b10-8+/t12-,13+/m0/s1. The van der Waals surface area contributed by atoms with Gasteiger partial charge in [-0.1, -0.05) is 38.8 Å². The predicted molar refractivity (Wildman–Crippen MR) is 73.2 cm³/mol. The molecule has 2 atom stereocenters. The lowest BCUT2D eigenvalue weighted by Crippen LogP contribution is -2.45. The molecule has 0 rings (SSSR count). The molecule has 0 fully saturated rings. The van der Waals surface area contributed by atoms with Gasteiger partial charge in [-0.15, -0.1) is 0 Å². The van der Waals surface area contributed by atoms with Crippen LogP contribution < -0.4 is 5.32 Å². The minimum absolute atomic E-state index is 0.130. The molecule has 4 nitrogen and oxygen atoms in total. The van der Waals surface area contributed by atoms with Crippen molar-refractivity contribution >= 4 is 5.91 Å². The normalized spacial score (nSPS) is 14.7. The van der Waals surface area contributed by atoms with E-state index in [-0.39, 0.29) is 12.5 Å². The summed E-state index contributed by atoms with van der Waals surface area (Å²) in [5, 5.41) is 21.6. The first kappa shape index (κ1) is 17.1. The molecular weight excluding hydrogens is 230 g/mol. The van der Waals surface area contributed by atoms with Crippen LogP contribution in [-0.4, -0.2) is 34.9 Å². The zero-order chi connectivity index (χ0) is 13.8. The van der Waals surface area contributed by atoms with Gasteiger partial charge in [0.2, 0.25) is 5.91 Å². The molecule has 0 radical (unpaired) electrons. The van der Waals surface area contributed by atoms with Crippen LogP contribution >= 0.6 is 0 Å². The Labute approximate surface area is 110 Å². The van der Waals surface area contributed by atoms with E-state index in [0.29, 0.717) is 6.42 Å². The molecule has 0 heterocycles. The number of carbonyl (C=O) groups excluding carboxylic acids is 1. The zero-order valence-electron chi connectivity index (χ0n) is 11.6. The number of unbranched alkanes of at least 4 members (excludes halogenated alkanes) is 3. The zero-order valence-corrected chi connectivity index (χ0v) is 11.6. The molecule has 0 spiro atoms. The van der Waals surface area contributed by atoms with Gasteiger partial charge in [0.15, 0.2) is 0 Å².